The first-order valence-electron chi connectivity index (χ1n) is 9.93. The average molecular weight is 465 g/mol. The Balaban J connectivity index is 1.40. The molecule has 0 saturated heterocycles. The molecule has 0 aliphatic rings. The number of nitrogens with one attached hydrogen (secondary N) is 3. The van der Waals surface area contributed by atoms with E-state index in [1.165, 1.54) is 6.21 Å². The number of rotatable bonds is 8. The third-order valence-electron chi connectivity index (χ3n) is 4.29. The van der Waals surface area contributed by atoms with E-state index in [2.05, 4.69) is 21.2 Å². The van der Waals surface area contributed by atoms with Crippen molar-refractivity contribution in [3.05, 3.63) is 95.0 Å². The van der Waals surface area contributed by atoms with Crippen molar-refractivity contribution in [1.29, 1.82) is 0 Å². The Bertz CT molecular complexity index is 1130. The smallest absolute Gasteiger partial charge is 0.329 e. The van der Waals surface area contributed by atoms with Crippen molar-refractivity contribution >= 4 is 41.2 Å². The molecule has 0 radical (unpaired) electrons. The minimum atomic E-state index is -0.937. The summed E-state index contributed by atoms with van der Waals surface area (Å²) in [7, 11) is 0. The third kappa shape index (κ3) is 7.79. The van der Waals surface area contributed by atoms with Crippen molar-refractivity contribution in [2.24, 2.45) is 5.10 Å². The minimum absolute atomic E-state index is 0.114. The summed E-state index contributed by atoms with van der Waals surface area (Å²) >= 11 is 5.94. The van der Waals surface area contributed by atoms with Crippen LogP contribution in [0.15, 0.2) is 84.0 Å². The van der Waals surface area contributed by atoms with E-state index in [0.29, 0.717) is 28.6 Å². The van der Waals surface area contributed by atoms with E-state index in [4.69, 9.17) is 16.3 Å². The fraction of sp³-hybridized carbons (Fsp3) is 0.0833. The molecule has 33 heavy (non-hydrogen) atoms. The molecule has 0 fully saturated rings. The van der Waals surface area contributed by atoms with Crippen LogP contribution in [0.3, 0.4) is 0 Å². The van der Waals surface area contributed by atoms with Crippen molar-refractivity contribution in [2.75, 3.05) is 11.9 Å². The molecule has 0 aromatic heterocycles. The lowest BCUT2D eigenvalue weighted by atomic mass is 10.2. The molecule has 0 heterocycles. The summed E-state index contributed by atoms with van der Waals surface area (Å²) in [5.74, 6) is -1.56. The molecule has 0 atom stereocenters. The molecular formula is C24H21ClN4O4. The summed E-state index contributed by atoms with van der Waals surface area (Å²) in [6.07, 6.45) is 1.37. The van der Waals surface area contributed by atoms with Gasteiger partial charge in [0.05, 0.1) is 16.9 Å². The fourth-order valence-corrected chi connectivity index (χ4v) is 2.79. The van der Waals surface area contributed by atoms with Gasteiger partial charge in [-0.2, -0.15) is 5.10 Å². The molecule has 0 saturated carbocycles. The highest BCUT2D eigenvalue weighted by Crippen LogP contribution is 2.20. The SMILES string of the molecule is O=C(COc1ccc(/C=N\NC(=O)C(=O)Nc2ccccc2Cl)cc1)NCc1ccccc1. The molecule has 8 nitrogen and oxygen atoms in total. The van der Waals surface area contributed by atoms with Crippen LogP contribution in [0.5, 0.6) is 5.75 Å². The fourth-order valence-electron chi connectivity index (χ4n) is 2.60. The summed E-state index contributed by atoms with van der Waals surface area (Å²) in [6.45, 7) is 0.317. The lowest BCUT2D eigenvalue weighted by molar-refractivity contribution is -0.136. The highest BCUT2D eigenvalue weighted by atomic mass is 35.5. The second-order valence-electron chi connectivity index (χ2n) is 6.75. The Hall–Kier alpha value is -4.17. The van der Waals surface area contributed by atoms with Gasteiger partial charge >= 0.3 is 11.8 Å². The van der Waals surface area contributed by atoms with Crippen LogP contribution in [-0.2, 0) is 20.9 Å². The maximum Gasteiger partial charge on any atom is 0.329 e. The van der Waals surface area contributed by atoms with Gasteiger partial charge in [0.25, 0.3) is 5.91 Å². The van der Waals surface area contributed by atoms with Crippen LogP contribution in [0.25, 0.3) is 0 Å². The van der Waals surface area contributed by atoms with E-state index in [-0.39, 0.29) is 12.5 Å². The zero-order valence-corrected chi connectivity index (χ0v) is 18.2. The molecule has 0 aliphatic heterocycles. The zero-order chi connectivity index (χ0) is 23.5. The van der Waals surface area contributed by atoms with Crippen LogP contribution in [0.4, 0.5) is 5.69 Å². The first kappa shape index (κ1) is 23.5. The highest BCUT2D eigenvalue weighted by molar-refractivity contribution is 6.41. The number of hydrogen-bond acceptors (Lipinski definition) is 5. The predicted octanol–water partition coefficient (Wildman–Crippen LogP) is 3.12. The molecule has 0 unspecified atom stereocenters. The second kappa shape index (κ2) is 12.0. The number of hydrazone groups is 1. The van der Waals surface area contributed by atoms with Crippen molar-refractivity contribution < 1.29 is 19.1 Å². The van der Waals surface area contributed by atoms with Crippen molar-refractivity contribution in [3.8, 4) is 5.75 Å². The second-order valence-corrected chi connectivity index (χ2v) is 7.16. The van der Waals surface area contributed by atoms with E-state index in [1.807, 2.05) is 30.3 Å². The normalized spacial score (nSPS) is 10.5. The van der Waals surface area contributed by atoms with Crippen molar-refractivity contribution in [3.63, 3.8) is 0 Å². The molecule has 3 rings (SSSR count). The molecule has 168 valence electrons. The molecule has 3 N–H and O–H groups in total. The van der Waals surface area contributed by atoms with Gasteiger partial charge in [0.2, 0.25) is 0 Å². The van der Waals surface area contributed by atoms with Crippen LogP contribution in [0, 0.1) is 0 Å². The van der Waals surface area contributed by atoms with E-state index in [1.54, 1.807) is 48.5 Å². The molecule has 9 heteroatoms. The Kier molecular flexibility index (Phi) is 8.55. The highest BCUT2D eigenvalue weighted by Gasteiger charge is 2.14. The molecular weight excluding hydrogens is 444 g/mol. The van der Waals surface area contributed by atoms with Gasteiger partial charge in [-0.15, -0.1) is 0 Å². The Morgan fingerprint density at radius 3 is 2.30 bits per heavy atom. The van der Waals surface area contributed by atoms with Crippen molar-refractivity contribution in [2.45, 2.75) is 6.54 Å². The van der Waals surface area contributed by atoms with Gasteiger partial charge in [-0.3, -0.25) is 14.4 Å². The third-order valence-corrected chi connectivity index (χ3v) is 4.62. The van der Waals surface area contributed by atoms with Crippen LogP contribution in [0.1, 0.15) is 11.1 Å². The van der Waals surface area contributed by atoms with Gasteiger partial charge in [-0.25, -0.2) is 5.43 Å². The predicted molar refractivity (Wildman–Crippen MR) is 126 cm³/mol. The van der Waals surface area contributed by atoms with E-state index >= 15 is 0 Å². The zero-order valence-electron chi connectivity index (χ0n) is 17.5. The van der Waals surface area contributed by atoms with Gasteiger partial charge in [0.15, 0.2) is 6.61 Å². The molecule has 0 spiro atoms. The topological polar surface area (TPSA) is 109 Å². The maximum absolute atomic E-state index is 11.9. The number of ether oxygens (including phenoxy) is 1. The Labute approximate surface area is 195 Å². The van der Waals surface area contributed by atoms with Crippen LogP contribution in [0.2, 0.25) is 5.02 Å². The lowest BCUT2D eigenvalue weighted by Crippen LogP contribution is -2.32. The summed E-state index contributed by atoms with van der Waals surface area (Å²) in [5.41, 5.74) is 4.13. The molecule has 3 aromatic carbocycles. The van der Waals surface area contributed by atoms with Gasteiger partial charge in [0, 0.05) is 6.54 Å². The van der Waals surface area contributed by atoms with E-state index < -0.39 is 11.8 Å². The minimum Gasteiger partial charge on any atom is -0.484 e. The Morgan fingerprint density at radius 1 is 0.879 bits per heavy atom. The first-order chi connectivity index (χ1) is 16.0. The first-order valence-corrected chi connectivity index (χ1v) is 10.3. The van der Waals surface area contributed by atoms with Gasteiger partial charge in [-0.05, 0) is 47.5 Å². The van der Waals surface area contributed by atoms with Gasteiger partial charge < -0.3 is 15.4 Å². The largest absolute Gasteiger partial charge is 0.484 e. The number of benzene rings is 3. The lowest BCUT2D eigenvalue weighted by Gasteiger charge is -2.08. The van der Waals surface area contributed by atoms with E-state index in [9.17, 15) is 14.4 Å². The van der Waals surface area contributed by atoms with Crippen LogP contribution in [-0.4, -0.2) is 30.5 Å². The van der Waals surface area contributed by atoms with E-state index in [0.717, 1.165) is 5.56 Å². The monoisotopic (exact) mass is 464 g/mol. The number of nitrogens with zero attached hydrogens (tertiary/aromatic N) is 1. The summed E-state index contributed by atoms with van der Waals surface area (Å²) in [4.78, 5) is 35.7. The Morgan fingerprint density at radius 2 is 1.58 bits per heavy atom. The number of carbonyl (C=O) groups excluding carboxylic acids is 3. The number of halogens is 1. The number of para-hydroxylation sites is 1. The number of hydrogen-bond donors (Lipinski definition) is 3. The molecule has 0 aliphatic carbocycles. The molecule has 3 aromatic rings. The summed E-state index contributed by atoms with van der Waals surface area (Å²) in [5, 5.41) is 9.26. The molecule has 3 amide bonds. The number of anilines is 1. The number of carbonyl (C=O) groups is 3. The summed E-state index contributed by atoms with van der Waals surface area (Å²) < 4.78 is 5.46. The standard InChI is InChI=1S/C24H21ClN4O4/c25-20-8-4-5-9-21(20)28-23(31)24(32)29-27-15-18-10-12-19(13-11-18)33-16-22(30)26-14-17-6-2-1-3-7-17/h1-13,15H,14,16H2,(H,26,30)(H,28,31)(H,29,32)/b27-15-. The van der Waals surface area contributed by atoms with Crippen molar-refractivity contribution in [1.82, 2.24) is 10.7 Å². The maximum atomic E-state index is 11.9. The van der Waals surface area contributed by atoms with Crippen LogP contribution < -0.4 is 20.8 Å². The van der Waals surface area contributed by atoms with Crippen LogP contribution >= 0.6 is 11.6 Å². The quantitative estimate of drug-likeness (QED) is 0.270. The van der Waals surface area contributed by atoms with Gasteiger partial charge in [0.1, 0.15) is 5.75 Å². The molecule has 0 bridgehead atoms. The summed E-state index contributed by atoms with van der Waals surface area (Å²) in [6, 6.07) is 22.9. The van der Waals surface area contributed by atoms with Gasteiger partial charge in [-0.1, -0.05) is 54.1 Å². The average Bonchev–Trinajstić information content (AvgIpc) is 2.84. The number of amides is 3.